The number of primary amides is 1. The normalized spacial score (nSPS) is 35.3. The molecule has 0 aliphatic heterocycles. The Hall–Kier alpha value is -0.570. The highest BCUT2D eigenvalue weighted by Crippen LogP contribution is 2.49. The van der Waals surface area contributed by atoms with Crippen molar-refractivity contribution >= 4 is 5.91 Å². The molecule has 0 aromatic heterocycles. The van der Waals surface area contributed by atoms with Crippen molar-refractivity contribution in [2.75, 3.05) is 6.54 Å². The summed E-state index contributed by atoms with van der Waals surface area (Å²) in [5.74, 6) is 1.37. The summed E-state index contributed by atoms with van der Waals surface area (Å²) in [6.45, 7) is 7.15. The Balaban J connectivity index is 3.00. The minimum absolute atomic E-state index is 0.136. The molecule has 3 unspecified atom stereocenters. The minimum Gasteiger partial charge on any atom is -0.369 e. The second-order valence-corrected chi connectivity index (χ2v) is 5.80. The third kappa shape index (κ3) is 2.40. The van der Waals surface area contributed by atoms with Crippen molar-refractivity contribution in [1.29, 1.82) is 0 Å². The van der Waals surface area contributed by atoms with Gasteiger partial charge in [-0.3, -0.25) is 4.79 Å². The van der Waals surface area contributed by atoms with E-state index in [-0.39, 0.29) is 11.3 Å². The molecule has 0 radical (unpaired) electrons. The van der Waals surface area contributed by atoms with Crippen molar-refractivity contribution in [2.45, 2.75) is 46.5 Å². The first kappa shape index (κ1) is 13.5. The van der Waals surface area contributed by atoms with Crippen molar-refractivity contribution in [3.63, 3.8) is 0 Å². The maximum atomic E-state index is 11.9. The van der Waals surface area contributed by atoms with Crippen molar-refractivity contribution in [3.05, 3.63) is 0 Å². The Labute approximate surface area is 99.0 Å². The second-order valence-electron chi connectivity index (χ2n) is 5.80. The van der Waals surface area contributed by atoms with Crippen molar-refractivity contribution in [2.24, 2.45) is 34.6 Å². The smallest absolute Gasteiger partial charge is 0.223 e. The van der Waals surface area contributed by atoms with Gasteiger partial charge in [-0.2, -0.15) is 0 Å². The van der Waals surface area contributed by atoms with Crippen LogP contribution >= 0.6 is 0 Å². The van der Waals surface area contributed by atoms with Gasteiger partial charge < -0.3 is 11.5 Å². The van der Waals surface area contributed by atoms with E-state index < -0.39 is 0 Å². The molecular weight excluding hydrogens is 200 g/mol. The molecule has 1 rings (SSSR count). The summed E-state index contributed by atoms with van der Waals surface area (Å²) in [4.78, 5) is 11.9. The molecule has 3 nitrogen and oxygen atoms in total. The van der Waals surface area contributed by atoms with E-state index >= 15 is 0 Å². The number of rotatable bonds is 4. The van der Waals surface area contributed by atoms with E-state index in [9.17, 15) is 4.79 Å². The SMILES string of the molecule is CC1CCC(C(C)C)C(CCN)(C(N)=O)C1. The first-order valence-electron chi connectivity index (χ1n) is 6.44. The number of carbonyl (C=O) groups is 1. The van der Waals surface area contributed by atoms with Gasteiger partial charge in [-0.05, 0) is 43.6 Å². The van der Waals surface area contributed by atoms with Crippen LogP contribution in [0, 0.1) is 23.2 Å². The predicted molar refractivity (Wildman–Crippen MR) is 66.6 cm³/mol. The fourth-order valence-electron chi connectivity index (χ4n) is 3.54. The zero-order valence-electron chi connectivity index (χ0n) is 10.8. The topological polar surface area (TPSA) is 69.1 Å². The van der Waals surface area contributed by atoms with E-state index in [4.69, 9.17) is 11.5 Å². The molecule has 4 N–H and O–H groups in total. The van der Waals surface area contributed by atoms with Crippen molar-refractivity contribution < 1.29 is 4.79 Å². The van der Waals surface area contributed by atoms with Gasteiger partial charge in [0.2, 0.25) is 5.91 Å². The van der Waals surface area contributed by atoms with Crippen LogP contribution in [0.2, 0.25) is 0 Å². The molecule has 1 amide bonds. The lowest BCUT2D eigenvalue weighted by Crippen LogP contribution is -2.49. The van der Waals surface area contributed by atoms with E-state index in [1.165, 1.54) is 6.42 Å². The highest BCUT2D eigenvalue weighted by Gasteiger charge is 2.47. The molecule has 1 fully saturated rings. The quantitative estimate of drug-likeness (QED) is 0.768. The molecule has 0 saturated heterocycles. The van der Waals surface area contributed by atoms with Crippen molar-refractivity contribution in [1.82, 2.24) is 0 Å². The predicted octanol–water partition coefficient (Wildman–Crippen LogP) is 1.90. The summed E-state index contributed by atoms with van der Waals surface area (Å²) in [7, 11) is 0. The number of hydrogen-bond acceptors (Lipinski definition) is 2. The Morgan fingerprint density at radius 3 is 2.50 bits per heavy atom. The highest BCUT2D eigenvalue weighted by atomic mass is 16.1. The van der Waals surface area contributed by atoms with E-state index in [1.54, 1.807) is 0 Å². The Morgan fingerprint density at radius 1 is 1.44 bits per heavy atom. The molecule has 3 atom stereocenters. The van der Waals surface area contributed by atoms with Gasteiger partial charge in [0.25, 0.3) is 0 Å². The molecule has 1 aliphatic carbocycles. The van der Waals surface area contributed by atoms with Gasteiger partial charge in [0.05, 0.1) is 5.41 Å². The standard InChI is InChI=1S/C13H26N2O/c1-9(2)11-5-4-10(3)8-13(11,6-7-14)12(15)16/h9-11H,4-8,14H2,1-3H3,(H2,15,16). The number of hydrogen-bond donors (Lipinski definition) is 2. The summed E-state index contributed by atoms with van der Waals surface area (Å²) in [6, 6.07) is 0. The Kier molecular flexibility index (Phi) is 4.36. The first-order valence-corrected chi connectivity index (χ1v) is 6.44. The molecule has 3 heteroatoms. The Morgan fingerprint density at radius 2 is 2.06 bits per heavy atom. The average Bonchev–Trinajstić information content (AvgIpc) is 2.17. The van der Waals surface area contributed by atoms with Crippen LogP contribution < -0.4 is 11.5 Å². The molecule has 94 valence electrons. The van der Waals surface area contributed by atoms with Gasteiger partial charge in [-0.1, -0.05) is 27.2 Å². The molecule has 0 spiro atoms. The number of carbonyl (C=O) groups excluding carboxylic acids is 1. The lowest BCUT2D eigenvalue weighted by Gasteiger charge is -2.46. The Bertz CT molecular complexity index is 252. The summed E-state index contributed by atoms with van der Waals surface area (Å²) >= 11 is 0. The van der Waals surface area contributed by atoms with Gasteiger partial charge in [-0.25, -0.2) is 0 Å². The van der Waals surface area contributed by atoms with Gasteiger partial charge in [0.15, 0.2) is 0 Å². The maximum Gasteiger partial charge on any atom is 0.223 e. The molecular formula is C13H26N2O. The van der Waals surface area contributed by atoms with Gasteiger partial charge in [0, 0.05) is 0 Å². The van der Waals surface area contributed by atoms with Crippen LogP contribution in [0.15, 0.2) is 0 Å². The number of amides is 1. The van der Waals surface area contributed by atoms with Crippen LogP contribution in [0.1, 0.15) is 46.5 Å². The molecule has 0 heterocycles. The van der Waals surface area contributed by atoms with E-state index in [0.29, 0.717) is 24.3 Å². The van der Waals surface area contributed by atoms with Crippen molar-refractivity contribution in [3.8, 4) is 0 Å². The van der Waals surface area contributed by atoms with Gasteiger partial charge in [-0.15, -0.1) is 0 Å². The van der Waals surface area contributed by atoms with Crippen LogP contribution in [0.25, 0.3) is 0 Å². The van der Waals surface area contributed by atoms with Crippen LogP contribution in [0.5, 0.6) is 0 Å². The third-order valence-corrected chi connectivity index (χ3v) is 4.28. The van der Waals surface area contributed by atoms with Crippen LogP contribution in [0.4, 0.5) is 0 Å². The van der Waals surface area contributed by atoms with Gasteiger partial charge in [0.1, 0.15) is 0 Å². The van der Waals surface area contributed by atoms with Gasteiger partial charge >= 0.3 is 0 Å². The zero-order valence-corrected chi connectivity index (χ0v) is 10.8. The molecule has 16 heavy (non-hydrogen) atoms. The number of nitrogens with two attached hydrogens (primary N) is 2. The molecule has 1 aliphatic rings. The van der Waals surface area contributed by atoms with E-state index in [2.05, 4.69) is 20.8 Å². The fourth-order valence-corrected chi connectivity index (χ4v) is 3.54. The fraction of sp³-hybridized carbons (Fsp3) is 0.923. The zero-order chi connectivity index (χ0) is 12.3. The monoisotopic (exact) mass is 226 g/mol. The molecule has 0 aromatic rings. The third-order valence-electron chi connectivity index (χ3n) is 4.28. The van der Waals surface area contributed by atoms with Crippen LogP contribution in [-0.4, -0.2) is 12.5 Å². The average molecular weight is 226 g/mol. The summed E-state index contributed by atoms with van der Waals surface area (Å²) in [5, 5.41) is 0. The first-order chi connectivity index (χ1) is 7.44. The lowest BCUT2D eigenvalue weighted by atomic mass is 9.58. The highest BCUT2D eigenvalue weighted by molar-refractivity contribution is 5.81. The molecule has 0 bridgehead atoms. The largest absolute Gasteiger partial charge is 0.369 e. The second kappa shape index (κ2) is 5.17. The van der Waals surface area contributed by atoms with E-state index in [1.807, 2.05) is 0 Å². The minimum atomic E-state index is -0.347. The summed E-state index contributed by atoms with van der Waals surface area (Å²) < 4.78 is 0. The van der Waals surface area contributed by atoms with Crippen LogP contribution in [-0.2, 0) is 4.79 Å². The molecule has 0 aromatic carbocycles. The molecule has 1 saturated carbocycles. The maximum absolute atomic E-state index is 11.9. The summed E-state index contributed by atoms with van der Waals surface area (Å²) in [5.41, 5.74) is 11.0. The summed E-state index contributed by atoms with van der Waals surface area (Å²) in [6.07, 6.45) is 3.99. The van der Waals surface area contributed by atoms with Crippen LogP contribution in [0.3, 0.4) is 0 Å². The van der Waals surface area contributed by atoms with E-state index in [0.717, 1.165) is 19.3 Å². The lowest BCUT2D eigenvalue weighted by molar-refractivity contribution is -0.136.